The van der Waals surface area contributed by atoms with Crippen LogP contribution >= 0.6 is 0 Å². The predicted octanol–water partition coefficient (Wildman–Crippen LogP) is -0.261. The average Bonchev–Trinajstić information content (AvgIpc) is 2.54. The molecule has 0 unspecified atom stereocenters. The van der Waals surface area contributed by atoms with Crippen molar-refractivity contribution < 1.29 is 18.0 Å². The van der Waals surface area contributed by atoms with E-state index in [0.29, 0.717) is 52.1 Å². The summed E-state index contributed by atoms with van der Waals surface area (Å²) in [5.41, 5.74) is 0. The zero-order valence-electron chi connectivity index (χ0n) is 13.3. The van der Waals surface area contributed by atoms with Crippen molar-refractivity contribution in [3.8, 4) is 0 Å². The van der Waals surface area contributed by atoms with Gasteiger partial charge in [-0.1, -0.05) is 0 Å². The minimum atomic E-state index is -3.15. The Morgan fingerprint density at radius 3 is 1.91 bits per heavy atom. The zero-order chi connectivity index (χ0) is 16.3. The van der Waals surface area contributed by atoms with Crippen LogP contribution in [0, 0.1) is 5.92 Å². The molecule has 2 amide bonds. The van der Waals surface area contributed by atoms with Crippen LogP contribution in [0.4, 0.5) is 0 Å². The molecule has 0 N–H and O–H groups in total. The number of nitrogens with zero attached hydrogens (tertiary/aromatic N) is 3. The Morgan fingerprint density at radius 1 is 0.955 bits per heavy atom. The van der Waals surface area contributed by atoms with Gasteiger partial charge in [0, 0.05) is 52.1 Å². The first-order chi connectivity index (χ1) is 10.3. The molecule has 2 heterocycles. The Labute approximate surface area is 132 Å². The van der Waals surface area contributed by atoms with Crippen LogP contribution in [0.25, 0.3) is 0 Å². The van der Waals surface area contributed by atoms with Gasteiger partial charge in [0.25, 0.3) is 0 Å². The van der Waals surface area contributed by atoms with Gasteiger partial charge in [0.15, 0.2) is 0 Å². The van der Waals surface area contributed by atoms with Crippen molar-refractivity contribution in [2.45, 2.75) is 26.7 Å². The Balaban J connectivity index is 1.85. The molecule has 0 atom stereocenters. The molecule has 0 radical (unpaired) electrons. The summed E-state index contributed by atoms with van der Waals surface area (Å²) in [7, 11) is -3.15. The second kappa shape index (κ2) is 6.95. The molecule has 2 saturated heterocycles. The Bertz CT molecular complexity index is 518. The second-order valence-electron chi connectivity index (χ2n) is 5.91. The molecule has 2 aliphatic rings. The standard InChI is InChI=1S/C14H25N3O4S/c1-3-22(20,21)17-6-4-13(5-7-17)14(19)16-10-8-15(9-11-16)12(2)18/h13H,3-11H2,1-2H3. The number of sulfonamides is 1. The molecule has 2 fully saturated rings. The lowest BCUT2D eigenvalue weighted by atomic mass is 9.96. The summed E-state index contributed by atoms with van der Waals surface area (Å²) in [5, 5.41) is 0. The second-order valence-corrected chi connectivity index (χ2v) is 8.16. The van der Waals surface area contributed by atoms with Gasteiger partial charge >= 0.3 is 0 Å². The summed E-state index contributed by atoms with van der Waals surface area (Å²) < 4.78 is 25.1. The normalized spacial score (nSPS) is 21.9. The summed E-state index contributed by atoms with van der Waals surface area (Å²) in [4.78, 5) is 27.4. The summed E-state index contributed by atoms with van der Waals surface area (Å²) in [6.45, 7) is 6.37. The van der Waals surface area contributed by atoms with Crippen molar-refractivity contribution in [2.24, 2.45) is 5.92 Å². The number of hydrogen-bond donors (Lipinski definition) is 0. The molecule has 0 saturated carbocycles. The molecule has 0 aliphatic carbocycles. The molecule has 0 aromatic carbocycles. The van der Waals surface area contributed by atoms with Crippen LogP contribution in [-0.4, -0.2) is 79.4 Å². The molecule has 22 heavy (non-hydrogen) atoms. The van der Waals surface area contributed by atoms with Gasteiger partial charge in [0.1, 0.15) is 0 Å². The molecule has 8 heteroatoms. The Morgan fingerprint density at radius 2 is 1.45 bits per heavy atom. The summed E-state index contributed by atoms with van der Waals surface area (Å²) in [5.74, 6) is 0.174. The summed E-state index contributed by atoms with van der Waals surface area (Å²) >= 11 is 0. The van der Waals surface area contributed by atoms with E-state index < -0.39 is 10.0 Å². The van der Waals surface area contributed by atoms with E-state index in [9.17, 15) is 18.0 Å². The fourth-order valence-electron chi connectivity index (χ4n) is 3.06. The summed E-state index contributed by atoms with van der Waals surface area (Å²) in [6, 6.07) is 0. The molecule has 0 aromatic heterocycles. The molecule has 0 bridgehead atoms. The topological polar surface area (TPSA) is 78.0 Å². The van der Waals surface area contributed by atoms with Crippen LogP contribution < -0.4 is 0 Å². The average molecular weight is 331 g/mol. The van der Waals surface area contributed by atoms with Crippen LogP contribution in [0.5, 0.6) is 0 Å². The maximum Gasteiger partial charge on any atom is 0.225 e. The quantitative estimate of drug-likeness (QED) is 0.714. The molecular formula is C14H25N3O4S. The molecule has 2 aliphatic heterocycles. The number of piperidine rings is 1. The third-order valence-electron chi connectivity index (χ3n) is 4.60. The van der Waals surface area contributed by atoms with E-state index in [0.717, 1.165) is 0 Å². The van der Waals surface area contributed by atoms with Crippen molar-refractivity contribution in [1.29, 1.82) is 0 Å². The van der Waals surface area contributed by atoms with Crippen LogP contribution in [0.3, 0.4) is 0 Å². The molecular weight excluding hydrogens is 306 g/mol. The SMILES string of the molecule is CCS(=O)(=O)N1CCC(C(=O)N2CCN(C(C)=O)CC2)CC1. The maximum absolute atomic E-state index is 12.5. The van der Waals surface area contributed by atoms with Crippen LogP contribution in [0.1, 0.15) is 26.7 Å². The first-order valence-corrected chi connectivity index (χ1v) is 9.48. The molecule has 7 nitrogen and oxygen atoms in total. The smallest absolute Gasteiger partial charge is 0.225 e. The minimum absolute atomic E-state index is 0.0465. The van der Waals surface area contributed by atoms with Gasteiger partial charge in [-0.25, -0.2) is 12.7 Å². The monoisotopic (exact) mass is 331 g/mol. The number of carbonyl (C=O) groups is 2. The van der Waals surface area contributed by atoms with Crippen LogP contribution in [0.2, 0.25) is 0 Å². The van der Waals surface area contributed by atoms with Crippen LogP contribution in [0.15, 0.2) is 0 Å². The minimum Gasteiger partial charge on any atom is -0.339 e. The lowest BCUT2D eigenvalue weighted by Crippen LogP contribution is -2.52. The van der Waals surface area contributed by atoms with Gasteiger partial charge in [-0.15, -0.1) is 0 Å². The molecule has 0 spiro atoms. The van der Waals surface area contributed by atoms with Crippen molar-refractivity contribution in [1.82, 2.24) is 14.1 Å². The first kappa shape index (κ1) is 17.2. The third-order valence-corrected chi connectivity index (χ3v) is 6.48. The lowest BCUT2D eigenvalue weighted by Gasteiger charge is -2.38. The number of rotatable bonds is 3. The Kier molecular flexibility index (Phi) is 5.44. The number of hydrogen-bond acceptors (Lipinski definition) is 4. The van der Waals surface area contributed by atoms with Crippen molar-refractivity contribution in [3.05, 3.63) is 0 Å². The van der Waals surface area contributed by atoms with E-state index in [4.69, 9.17) is 0 Å². The van der Waals surface area contributed by atoms with Gasteiger partial charge < -0.3 is 9.80 Å². The van der Waals surface area contributed by atoms with Gasteiger partial charge in [-0.3, -0.25) is 9.59 Å². The summed E-state index contributed by atoms with van der Waals surface area (Å²) in [6.07, 6.45) is 1.18. The van der Waals surface area contributed by atoms with Gasteiger partial charge in [-0.2, -0.15) is 0 Å². The lowest BCUT2D eigenvalue weighted by molar-refractivity contribution is -0.142. The third kappa shape index (κ3) is 3.78. The van der Waals surface area contributed by atoms with Crippen molar-refractivity contribution >= 4 is 21.8 Å². The molecule has 0 aromatic rings. The number of carbonyl (C=O) groups excluding carboxylic acids is 2. The Hall–Kier alpha value is -1.15. The van der Waals surface area contributed by atoms with Crippen molar-refractivity contribution in [2.75, 3.05) is 45.0 Å². The fraction of sp³-hybridized carbons (Fsp3) is 0.857. The maximum atomic E-state index is 12.5. The molecule has 126 valence electrons. The highest BCUT2D eigenvalue weighted by atomic mass is 32.2. The van der Waals surface area contributed by atoms with Gasteiger partial charge in [-0.05, 0) is 19.8 Å². The highest BCUT2D eigenvalue weighted by Crippen LogP contribution is 2.22. The predicted molar refractivity (Wildman–Crippen MR) is 82.6 cm³/mol. The van der Waals surface area contributed by atoms with E-state index in [1.165, 1.54) is 4.31 Å². The number of amides is 2. The highest BCUT2D eigenvalue weighted by Gasteiger charge is 2.33. The van der Waals surface area contributed by atoms with E-state index >= 15 is 0 Å². The van der Waals surface area contributed by atoms with E-state index in [1.807, 2.05) is 4.90 Å². The number of piperazine rings is 1. The first-order valence-electron chi connectivity index (χ1n) is 7.87. The van der Waals surface area contributed by atoms with E-state index in [1.54, 1.807) is 18.7 Å². The van der Waals surface area contributed by atoms with Gasteiger partial charge in [0.05, 0.1) is 5.75 Å². The van der Waals surface area contributed by atoms with Crippen LogP contribution in [-0.2, 0) is 19.6 Å². The van der Waals surface area contributed by atoms with E-state index in [2.05, 4.69) is 0 Å². The zero-order valence-corrected chi connectivity index (χ0v) is 14.1. The molecule has 2 rings (SSSR count). The fourth-order valence-corrected chi connectivity index (χ4v) is 4.20. The largest absolute Gasteiger partial charge is 0.339 e. The highest BCUT2D eigenvalue weighted by molar-refractivity contribution is 7.89. The van der Waals surface area contributed by atoms with Crippen molar-refractivity contribution in [3.63, 3.8) is 0 Å². The van der Waals surface area contributed by atoms with E-state index in [-0.39, 0.29) is 23.5 Å². The van der Waals surface area contributed by atoms with Gasteiger partial charge in [0.2, 0.25) is 21.8 Å².